The summed E-state index contributed by atoms with van der Waals surface area (Å²) in [5.74, 6) is 0.00741. The Morgan fingerprint density at radius 2 is 1.84 bits per heavy atom. The van der Waals surface area contributed by atoms with Crippen LogP contribution in [-0.4, -0.2) is 50.2 Å². The van der Waals surface area contributed by atoms with Crippen LogP contribution < -0.4 is 5.32 Å². The Bertz CT molecular complexity index is 1070. The fourth-order valence-corrected chi connectivity index (χ4v) is 4.86. The van der Waals surface area contributed by atoms with Gasteiger partial charge in [0, 0.05) is 41.0 Å². The van der Waals surface area contributed by atoms with Crippen LogP contribution in [0, 0.1) is 0 Å². The highest BCUT2D eigenvalue weighted by atomic mass is 32.1. The van der Waals surface area contributed by atoms with Crippen LogP contribution in [0.2, 0.25) is 0 Å². The standard InChI is InChI=1S/C22H25N5O3S2/c1-22(2,3)30-21(29)27-10-8-15(9-11-27)20-24-18(12-31-20)19(28)23-16-6-4-14(5-7-16)17-13-32-26-25-17/h4-7,12-13,15H,8-11H2,1-3H3,(H,23,28). The van der Waals surface area contributed by atoms with Crippen molar-refractivity contribution in [3.8, 4) is 11.3 Å². The summed E-state index contributed by atoms with van der Waals surface area (Å²) in [6, 6.07) is 7.48. The number of aromatic nitrogens is 3. The minimum Gasteiger partial charge on any atom is -0.444 e. The third-order valence-corrected chi connectivity index (χ3v) is 6.56. The lowest BCUT2D eigenvalue weighted by atomic mass is 9.98. The maximum atomic E-state index is 12.6. The topological polar surface area (TPSA) is 97.3 Å². The lowest BCUT2D eigenvalue weighted by Gasteiger charge is -2.32. The quantitative estimate of drug-likeness (QED) is 0.573. The highest BCUT2D eigenvalue weighted by Crippen LogP contribution is 2.31. The zero-order valence-corrected chi connectivity index (χ0v) is 19.8. The smallest absolute Gasteiger partial charge is 0.410 e. The maximum absolute atomic E-state index is 12.6. The molecule has 1 aromatic carbocycles. The molecule has 1 aliphatic heterocycles. The second-order valence-corrected chi connectivity index (χ2v) is 10.1. The molecule has 3 aromatic rings. The van der Waals surface area contributed by atoms with E-state index in [0.29, 0.717) is 24.5 Å². The molecule has 168 valence electrons. The van der Waals surface area contributed by atoms with Crippen molar-refractivity contribution in [1.29, 1.82) is 0 Å². The molecule has 2 aromatic heterocycles. The Balaban J connectivity index is 1.32. The van der Waals surface area contributed by atoms with Crippen LogP contribution in [-0.2, 0) is 4.74 Å². The van der Waals surface area contributed by atoms with Crippen LogP contribution >= 0.6 is 22.9 Å². The molecule has 1 aliphatic rings. The molecule has 8 nitrogen and oxygen atoms in total. The second-order valence-electron chi connectivity index (χ2n) is 8.63. The highest BCUT2D eigenvalue weighted by molar-refractivity contribution is 7.10. The van der Waals surface area contributed by atoms with Gasteiger partial charge < -0.3 is 15.0 Å². The van der Waals surface area contributed by atoms with Crippen molar-refractivity contribution in [1.82, 2.24) is 19.5 Å². The van der Waals surface area contributed by atoms with E-state index in [1.165, 1.54) is 22.9 Å². The van der Waals surface area contributed by atoms with Gasteiger partial charge in [0.2, 0.25) is 0 Å². The maximum Gasteiger partial charge on any atom is 0.410 e. The van der Waals surface area contributed by atoms with Crippen molar-refractivity contribution in [3.63, 3.8) is 0 Å². The minimum atomic E-state index is -0.496. The van der Waals surface area contributed by atoms with E-state index in [1.807, 2.05) is 50.4 Å². The van der Waals surface area contributed by atoms with Crippen LogP contribution in [0.15, 0.2) is 35.0 Å². The predicted molar refractivity (Wildman–Crippen MR) is 125 cm³/mol. The summed E-state index contributed by atoms with van der Waals surface area (Å²) in [5.41, 5.74) is 2.37. The van der Waals surface area contributed by atoms with Crippen LogP contribution in [0.4, 0.5) is 10.5 Å². The number of thiazole rings is 1. The first-order valence-corrected chi connectivity index (χ1v) is 12.1. The number of likely N-dealkylation sites (tertiary alicyclic amines) is 1. The van der Waals surface area contributed by atoms with Gasteiger partial charge in [0.1, 0.15) is 17.0 Å². The number of piperidine rings is 1. The SMILES string of the molecule is CC(C)(C)OC(=O)N1CCC(c2nc(C(=O)Nc3ccc(-c4csnn4)cc3)cs2)CC1. The molecule has 0 bridgehead atoms. The Labute approximate surface area is 194 Å². The fraction of sp³-hybridized carbons (Fsp3) is 0.409. The first-order chi connectivity index (χ1) is 15.3. The van der Waals surface area contributed by atoms with Crippen LogP contribution in [0.1, 0.15) is 55.0 Å². The van der Waals surface area contributed by atoms with Crippen LogP contribution in [0.3, 0.4) is 0 Å². The van der Waals surface area contributed by atoms with Crippen molar-refractivity contribution in [2.75, 3.05) is 18.4 Å². The van der Waals surface area contributed by atoms with E-state index < -0.39 is 5.60 Å². The molecule has 0 radical (unpaired) electrons. The van der Waals surface area contributed by atoms with E-state index in [1.54, 1.807) is 10.3 Å². The first-order valence-electron chi connectivity index (χ1n) is 10.4. The zero-order valence-electron chi connectivity index (χ0n) is 18.2. The number of nitrogens with one attached hydrogen (secondary N) is 1. The number of carbonyl (C=O) groups excluding carboxylic acids is 2. The van der Waals surface area contributed by atoms with Gasteiger partial charge in [0.25, 0.3) is 5.91 Å². The molecule has 0 saturated carbocycles. The van der Waals surface area contributed by atoms with Crippen LogP contribution in [0.5, 0.6) is 0 Å². The number of ether oxygens (including phenoxy) is 1. The molecule has 0 aliphatic carbocycles. The van der Waals surface area contributed by atoms with E-state index in [0.717, 1.165) is 29.1 Å². The van der Waals surface area contributed by atoms with E-state index in [2.05, 4.69) is 19.9 Å². The molecule has 32 heavy (non-hydrogen) atoms. The largest absolute Gasteiger partial charge is 0.444 e. The van der Waals surface area contributed by atoms with Gasteiger partial charge in [-0.25, -0.2) is 9.78 Å². The van der Waals surface area contributed by atoms with Crippen molar-refractivity contribution in [2.24, 2.45) is 0 Å². The number of hydrogen-bond acceptors (Lipinski definition) is 8. The van der Waals surface area contributed by atoms with Crippen molar-refractivity contribution in [3.05, 3.63) is 45.7 Å². The minimum absolute atomic E-state index is 0.234. The summed E-state index contributed by atoms with van der Waals surface area (Å²) in [4.78, 5) is 31.2. The number of amides is 2. The van der Waals surface area contributed by atoms with E-state index >= 15 is 0 Å². The van der Waals surface area contributed by atoms with Gasteiger partial charge in [0.05, 0.1) is 5.01 Å². The molecule has 0 unspecified atom stereocenters. The van der Waals surface area contributed by atoms with E-state index in [9.17, 15) is 9.59 Å². The van der Waals surface area contributed by atoms with Gasteiger partial charge >= 0.3 is 6.09 Å². The summed E-state index contributed by atoms with van der Waals surface area (Å²) < 4.78 is 9.32. The summed E-state index contributed by atoms with van der Waals surface area (Å²) in [6.07, 6.45) is 1.34. The summed E-state index contributed by atoms with van der Waals surface area (Å²) in [6.45, 7) is 6.86. The Hall–Kier alpha value is -2.85. The summed E-state index contributed by atoms with van der Waals surface area (Å²) in [7, 11) is 0. The number of anilines is 1. The molecular weight excluding hydrogens is 446 g/mol. The molecule has 4 rings (SSSR count). The summed E-state index contributed by atoms with van der Waals surface area (Å²) in [5, 5.41) is 11.5. The van der Waals surface area contributed by atoms with Gasteiger partial charge in [-0.1, -0.05) is 16.6 Å². The zero-order chi connectivity index (χ0) is 22.7. The number of nitrogens with zero attached hydrogens (tertiary/aromatic N) is 4. The number of benzene rings is 1. The molecule has 2 amide bonds. The molecular formula is C22H25N5O3S2. The predicted octanol–water partition coefficient (Wildman–Crippen LogP) is 5.03. The van der Waals surface area contributed by atoms with Gasteiger partial charge in [-0.15, -0.1) is 16.4 Å². The molecule has 1 fully saturated rings. The monoisotopic (exact) mass is 471 g/mol. The highest BCUT2D eigenvalue weighted by Gasteiger charge is 2.29. The average Bonchev–Trinajstić information content (AvgIpc) is 3.46. The molecule has 1 N–H and O–H groups in total. The van der Waals surface area contributed by atoms with Crippen LogP contribution in [0.25, 0.3) is 11.3 Å². The third-order valence-electron chi connectivity index (χ3n) is 5.05. The second kappa shape index (κ2) is 9.33. The molecule has 10 heteroatoms. The summed E-state index contributed by atoms with van der Waals surface area (Å²) >= 11 is 2.80. The number of hydrogen-bond donors (Lipinski definition) is 1. The van der Waals surface area contributed by atoms with Gasteiger partial charge in [-0.05, 0) is 57.3 Å². The molecule has 0 spiro atoms. The van der Waals surface area contributed by atoms with Gasteiger partial charge in [-0.3, -0.25) is 4.79 Å². The van der Waals surface area contributed by atoms with Crippen molar-refractivity contribution in [2.45, 2.75) is 45.1 Å². The number of carbonyl (C=O) groups is 2. The first kappa shape index (κ1) is 22.3. The van der Waals surface area contributed by atoms with Gasteiger partial charge in [0.15, 0.2) is 0 Å². The van der Waals surface area contributed by atoms with Crippen molar-refractivity contribution >= 4 is 40.6 Å². The van der Waals surface area contributed by atoms with E-state index in [4.69, 9.17) is 4.74 Å². The average molecular weight is 472 g/mol. The third kappa shape index (κ3) is 5.49. The normalized spacial score (nSPS) is 14.9. The fourth-order valence-electron chi connectivity index (χ4n) is 3.42. The lowest BCUT2D eigenvalue weighted by molar-refractivity contribution is 0.0204. The Morgan fingerprint density at radius 3 is 2.47 bits per heavy atom. The van der Waals surface area contributed by atoms with E-state index in [-0.39, 0.29) is 17.9 Å². The Morgan fingerprint density at radius 1 is 1.12 bits per heavy atom. The molecule has 1 saturated heterocycles. The Kier molecular flexibility index (Phi) is 6.52. The molecule has 0 atom stereocenters. The number of rotatable bonds is 4. The van der Waals surface area contributed by atoms with Gasteiger partial charge in [-0.2, -0.15) is 0 Å². The van der Waals surface area contributed by atoms with Crippen molar-refractivity contribution < 1.29 is 14.3 Å². The molecule has 3 heterocycles. The lowest BCUT2D eigenvalue weighted by Crippen LogP contribution is -2.41.